The van der Waals surface area contributed by atoms with Crippen molar-refractivity contribution in [3.63, 3.8) is 0 Å². The minimum Gasteiger partial charge on any atom is -0.469 e. The first-order valence-electron chi connectivity index (χ1n) is 10.4. The SMILES string of the molecule is O=C(NCCCc1ccco1)C1CCN(c2ccc(Sc3ccccc3)nn2)CC1. The molecule has 1 fully saturated rings. The number of nitrogens with zero attached hydrogens (tertiary/aromatic N) is 3. The smallest absolute Gasteiger partial charge is 0.223 e. The van der Waals surface area contributed by atoms with Crippen LogP contribution in [0.2, 0.25) is 0 Å². The molecular weight excluding hydrogens is 396 g/mol. The maximum absolute atomic E-state index is 12.4. The van der Waals surface area contributed by atoms with Crippen LogP contribution in [0.4, 0.5) is 5.82 Å². The van der Waals surface area contributed by atoms with Crippen molar-refractivity contribution in [2.45, 2.75) is 35.6 Å². The van der Waals surface area contributed by atoms with Gasteiger partial charge in [0.05, 0.1) is 6.26 Å². The standard InChI is InChI=1S/C23H26N4O2S/c28-23(24-14-4-6-19-7-5-17-29-19)18-12-15-27(16-13-18)21-10-11-22(26-25-21)30-20-8-2-1-3-9-20/h1-3,5,7-11,17-18H,4,6,12-16H2,(H,24,28). The van der Waals surface area contributed by atoms with Crippen molar-refractivity contribution < 1.29 is 9.21 Å². The van der Waals surface area contributed by atoms with E-state index in [-0.39, 0.29) is 11.8 Å². The zero-order chi connectivity index (χ0) is 20.6. The lowest BCUT2D eigenvalue weighted by molar-refractivity contribution is -0.125. The highest BCUT2D eigenvalue weighted by Crippen LogP contribution is 2.27. The Morgan fingerprint density at radius 2 is 1.90 bits per heavy atom. The summed E-state index contributed by atoms with van der Waals surface area (Å²) in [6.45, 7) is 2.33. The number of aromatic nitrogens is 2. The molecule has 1 aliphatic rings. The molecule has 0 spiro atoms. The molecule has 3 heterocycles. The van der Waals surface area contributed by atoms with Crippen molar-refractivity contribution in [1.82, 2.24) is 15.5 Å². The molecule has 156 valence electrons. The number of benzene rings is 1. The molecule has 2 aromatic heterocycles. The lowest BCUT2D eigenvalue weighted by atomic mass is 9.96. The molecule has 1 aromatic carbocycles. The molecule has 0 atom stereocenters. The Labute approximate surface area is 181 Å². The average Bonchev–Trinajstić information content (AvgIpc) is 3.32. The fourth-order valence-electron chi connectivity index (χ4n) is 3.59. The predicted octanol–water partition coefficient (Wildman–Crippen LogP) is 4.19. The third-order valence-corrected chi connectivity index (χ3v) is 6.20. The van der Waals surface area contributed by atoms with Crippen LogP contribution in [0.15, 0.2) is 75.2 Å². The van der Waals surface area contributed by atoms with Gasteiger partial charge >= 0.3 is 0 Å². The number of carbonyl (C=O) groups excluding carboxylic acids is 1. The molecular formula is C23H26N4O2S. The molecule has 30 heavy (non-hydrogen) atoms. The molecule has 0 bridgehead atoms. The van der Waals surface area contributed by atoms with E-state index in [4.69, 9.17) is 4.42 Å². The van der Waals surface area contributed by atoms with Gasteiger partial charge in [-0.3, -0.25) is 4.79 Å². The van der Waals surface area contributed by atoms with Crippen LogP contribution in [0.1, 0.15) is 25.0 Å². The predicted molar refractivity (Wildman–Crippen MR) is 118 cm³/mol. The number of rotatable bonds is 8. The van der Waals surface area contributed by atoms with E-state index in [1.54, 1.807) is 18.0 Å². The van der Waals surface area contributed by atoms with E-state index in [2.05, 4.69) is 32.5 Å². The van der Waals surface area contributed by atoms with Gasteiger partial charge in [0.15, 0.2) is 5.82 Å². The highest BCUT2D eigenvalue weighted by molar-refractivity contribution is 7.99. The van der Waals surface area contributed by atoms with Crippen LogP contribution < -0.4 is 10.2 Å². The second-order valence-corrected chi connectivity index (χ2v) is 8.47. The van der Waals surface area contributed by atoms with Crippen LogP contribution in [-0.2, 0) is 11.2 Å². The monoisotopic (exact) mass is 422 g/mol. The van der Waals surface area contributed by atoms with E-state index >= 15 is 0 Å². The van der Waals surface area contributed by atoms with Crippen LogP contribution >= 0.6 is 11.8 Å². The van der Waals surface area contributed by atoms with Crippen molar-refractivity contribution in [3.8, 4) is 0 Å². The molecule has 0 unspecified atom stereocenters. The summed E-state index contributed by atoms with van der Waals surface area (Å²) in [5, 5.41) is 12.7. The van der Waals surface area contributed by atoms with Crippen LogP contribution in [-0.4, -0.2) is 35.7 Å². The van der Waals surface area contributed by atoms with E-state index in [9.17, 15) is 4.79 Å². The Kier molecular flexibility index (Phi) is 7.03. The molecule has 1 N–H and O–H groups in total. The number of hydrogen-bond donors (Lipinski definition) is 1. The van der Waals surface area contributed by atoms with Gasteiger partial charge in [-0.2, -0.15) is 0 Å². The topological polar surface area (TPSA) is 71.3 Å². The zero-order valence-electron chi connectivity index (χ0n) is 16.9. The number of aryl methyl sites for hydroxylation is 1. The summed E-state index contributed by atoms with van der Waals surface area (Å²) in [7, 11) is 0. The number of carbonyl (C=O) groups is 1. The summed E-state index contributed by atoms with van der Waals surface area (Å²) in [6.07, 6.45) is 5.10. The number of amides is 1. The molecule has 7 heteroatoms. The van der Waals surface area contributed by atoms with Gasteiger partial charge in [-0.05, 0) is 55.7 Å². The molecule has 0 aliphatic carbocycles. The summed E-state index contributed by atoms with van der Waals surface area (Å²) < 4.78 is 5.32. The molecule has 0 radical (unpaired) electrons. The number of anilines is 1. The number of nitrogens with one attached hydrogen (secondary N) is 1. The summed E-state index contributed by atoms with van der Waals surface area (Å²) in [6, 6.07) is 18.1. The molecule has 1 amide bonds. The zero-order valence-corrected chi connectivity index (χ0v) is 17.7. The molecule has 3 aromatic rings. The highest BCUT2D eigenvalue weighted by atomic mass is 32.2. The third kappa shape index (κ3) is 5.63. The van der Waals surface area contributed by atoms with E-state index in [1.807, 2.05) is 42.5 Å². The second-order valence-electron chi connectivity index (χ2n) is 7.38. The van der Waals surface area contributed by atoms with Gasteiger partial charge < -0.3 is 14.6 Å². The van der Waals surface area contributed by atoms with E-state index in [0.717, 1.165) is 60.3 Å². The lowest BCUT2D eigenvalue weighted by Crippen LogP contribution is -2.41. The van der Waals surface area contributed by atoms with Gasteiger partial charge in [-0.1, -0.05) is 30.0 Å². The van der Waals surface area contributed by atoms with Crippen LogP contribution in [0.3, 0.4) is 0 Å². The van der Waals surface area contributed by atoms with Gasteiger partial charge in [-0.15, -0.1) is 10.2 Å². The molecule has 1 saturated heterocycles. The molecule has 6 nitrogen and oxygen atoms in total. The lowest BCUT2D eigenvalue weighted by Gasteiger charge is -2.31. The maximum atomic E-state index is 12.4. The number of hydrogen-bond acceptors (Lipinski definition) is 6. The van der Waals surface area contributed by atoms with Crippen molar-refractivity contribution in [2.75, 3.05) is 24.5 Å². The van der Waals surface area contributed by atoms with E-state index in [0.29, 0.717) is 6.54 Å². The first-order chi connectivity index (χ1) is 14.8. The summed E-state index contributed by atoms with van der Waals surface area (Å²) >= 11 is 1.60. The Hall–Kier alpha value is -2.80. The van der Waals surface area contributed by atoms with Crippen molar-refractivity contribution in [1.29, 1.82) is 0 Å². The maximum Gasteiger partial charge on any atom is 0.223 e. The van der Waals surface area contributed by atoms with Gasteiger partial charge in [0, 0.05) is 36.9 Å². The second kappa shape index (κ2) is 10.3. The minimum absolute atomic E-state index is 0.0748. The number of furan rings is 1. The fraction of sp³-hybridized carbons (Fsp3) is 0.348. The highest BCUT2D eigenvalue weighted by Gasteiger charge is 2.25. The molecule has 1 aliphatic heterocycles. The van der Waals surface area contributed by atoms with Gasteiger partial charge in [-0.25, -0.2) is 0 Å². The number of piperidine rings is 1. The van der Waals surface area contributed by atoms with E-state index < -0.39 is 0 Å². The van der Waals surface area contributed by atoms with Crippen molar-refractivity contribution >= 4 is 23.5 Å². The van der Waals surface area contributed by atoms with Crippen LogP contribution in [0.5, 0.6) is 0 Å². The fourth-order valence-corrected chi connectivity index (χ4v) is 4.34. The van der Waals surface area contributed by atoms with Gasteiger partial charge in [0.1, 0.15) is 10.8 Å². The Morgan fingerprint density at radius 1 is 1.07 bits per heavy atom. The summed E-state index contributed by atoms with van der Waals surface area (Å²) in [5.74, 6) is 2.08. The normalized spacial score (nSPS) is 14.6. The Morgan fingerprint density at radius 3 is 2.60 bits per heavy atom. The Bertz CT molecular complexity index is 908. The minimum atomic E-state index is 0.0748. The average molecular weight is 423 g/mol. The summed E-state index contributed by atoms with van der Waals surface area (Å²) in [5.41, 5.74) is 0. The largest absolute Gasteiger partial charge is 0.469 e. The van der Waals surface area contributed by atoms with Gasteiger partial charge in [0.2, 0.25) is 5.91 Å². The van der Waals surface area contributed by atoms with Crippen LogP contribution in [0, 0.1) is 5.92 Å². The van der Waals surface area contributed by atoms with Crippen molar-refractivity contribution in [2.24, 2.45) is 5.92 Å². The van der Waals surface area contributed by atoms with E-state index in [1.165, 1.54) is 0 Å². The Balaban J connectivity index is 1.19. The first kappa shape index (κ1) is 20.5. The van der Waals surface area contributed by atoms with Crippen molar-refractivity contribution in [3.05, 3.63) is 66.6 Å². The van der Waals surface area contributed by atoms with Gasteiger partial charge in [0.25, 0.3) is 0 Å². The molecule has 0 saturated carbocycles. The molecule has 4 rings (SSSR count). The summed E-state index contributed by atoms with van der Waals surface area (Å²) in [4.78, 5) is 15.8. The third-order valence-electron chi connectivity index (χ3n) is 5.26. The first-order valence-corrected chi connectivity index (χ1v) is 11.2. The quantitative estimate of drug-likeness (QED) is 0.549. The van der Waals surface area contributed by atoms with Crippen LogP contribution in [0.25, 0.3) is 0 Å².